The summed E-state index contributed by atoms with van der Waals surface area (Å²) in [4.78, 5) is 22.4. The van der Waals surface area contributed by atoms with E-state index in [0.29, 0.717) is 54.1 Å². The zero-order chi connectivity index (χ0) is 39.9. The fourth-order valence-corrected chi connectivity index (χ4v) is 8.18. The number of nitrogens with zero attached hydrogens (tertiary/aromatic N) is 5. The Hall–Kier alpha value is -5.57. The number of fused-ring (bicyclic) bond motifs is 1. The number of ether oxygens (including phenoxy) is 7. The van der Waals surface area contributed by atoms with Gasteiger partial charge in [-0.15, -0.1) is 11.3 Å². The first-order valence-corrected chi connectivity index (χ1v) is 19.7. The van der Waals surface area contributed by atoms with E-state index < -0.39 is 0 Å². The lowest BCUT2D eigenvalue weighted by molar-refractivity contribution is -0.130. The number of rotatable bonds is 16. The molecule has 1 saturated heterocycles. The first-order valence-electron chi connectivity index (χ1n) is 18.9. The molecular formula is C43H49N5O8S. The van der Waals surface area contributed by atoms with E-state index >= 15 is 0 Å². The number of benzene rings is 4. The van der Waals surface area contributed by atoms with Crippen LogP contribution in [-0.2, 0) is 4.79 Å². The number of thiazole rings is 1. The van der Waals surface area contributed by atoms with E-state index in [4.69, 9.17) is 43.2 Å². The average molecular weight is 796 g/mol. The van der Waals surface area contributed by atoms with Gasteiger partial charge in [0, 0.05) is 63.7 Å². The van der Waals surface area contributed by atoms with Crippen LogP contribution in [0.4, 0.5) is 0 Å². The minimum absolute atomic E-state index is 0.165. The topological polar surface area (TPSA) is 117 Å². The number of piperazine rings is 1. The number of methoxy groups -OCH3 is 5. The Labute approximate surface area is 337 Å². The normalized spacial score (nSPS) is 16.0. The van der Waals surface area contributed by atoms with Crippen molar-refractivity contribution >= 4 is 33.2 Å². The maximum absolute atomic E-state index is 12.8. The third-order valence-corrected chi connectivity index (χ3v) is 11.4. The van der Waals surface area contributed by atoms with Crippen LogP contribution >= 0.6 is 11.3 Å². The first-order chi connectivity index (χ1) is 27.8. The zero-order valence-electron chi connectivity index (χ0n) is 33.3. The third-order valence-electron chi connectivity index (χ3n) is 10.3. The summed E-state index contributed by atoms with van der Waals surface area (Å²) in [5.74, 6) is 4.04. The molecule has 0 radical (unpaired) electrons. The molecule has 1 unspecified atom stereocenters. The highest BCUT2D eigenvalue weighted by molar-refractivity contribution is 7.21. The summed E-state index contributed by atoms with van der Waals surface area (Å²) in [5, 5.41) is 7.21. The monoisotopic (exact) mass is 795 g/mol. The molecule has 1 amide bonds. The Morgan fingerprint density at radius 1 is 0.684 bits per heavy atom. The zero-order valence-corrected chi connectivity index (χ0v) is 34.1. The molecule has 1 atom stereocenters. The van der Waals surface area contributed by atoms with Crippen LogP contribution in [0.5, 0.6) is 40.2 Å². The molecule has 3 heterocycles. The minimum atomic E-state index is -0.327. The van der Waals surface area contributed by atoms with Gasteiger partial charge in [0.15, 0.2) is 34.5 Å². The van der Waals surface area contributed by atoms with Crippen molar-refractivity contribution in [2.24, 2.45) is 5.10 Å². The number of carbonyl (C=O) groups is 1. The van der Waals surface area contributed by atoms with Crippen molar-refractivity contribution < 1.29 is 38.0 Å². The summed E-state index contributed by atoms with van der Waals surface area (Å²) >= 11 is 1.67. The highest BCUT2D eigenvalue weighted by Crippen LogP contribution is 2.42. The van der Waals surface area contributed by atoms with Crippen LogP contribution in [0, 0.1) is 0 Å². The van der Waals surface area contributed by atoms with Gasteiger partial charge in [-0.05, 0) is 60.2 Å². The molecule has 4 aromatic carbocycles. The molecule has 0 bridgehead atoms. The van der Waals surface area contributed by atoms with Gasteiger partial charge in [-0.3, -0.25) is 14.6 Å². The number of hydrogen-bond donors (Lipinski definition) is 0. The van der Waals surface area contributed by atoms with Crippen LogP contribution in [-0.4, -0.2) is 119 Å². The largest absolute Gasteiger partial charge is 0.493 e. The average Bonchev–Trinajstić information content (AvgIpc) is 3.90. The van der Waals surface area contributed by atoms with Gasteiger partial charge in [0.25, 0.3) is 0 Å². The molecule has 0 spiro atoms. The van der Waals surface area contributed by atoms with E-state index in [2.05, 4.69) is 15.9 Å². The maximum Gasteiger partial charge on any atom is 0.240 e. The number of carbonyl (C=O) groups excluding carboxylic acids is 1. The number of aromatic nitrogens is 1. The summed E-state index contributed by atoms with van der Waals surface area (Å²) in [7, 11) is 8.01. The molecule has 1 aromatic heterocycles. The summed E-state index contributed by atoms with van der Waals surface area (Å²) in [6.07, 6.45) is 0.490. The van der Waals surface area contributed by atoms with E-state index in [0.717, 1.165) is 82.6 Å². The predicted molar refractivity (Wildman–Crippen MR) is 221 cm³/mol. The number of para-hydroxylation sites is 1. The van der Waals surface area contributed by atoms with Gasteiger partial charge in [0.05, 0.1) is 57.5 Å². The smallest absolute Gasteiger partial charge is 0.240 e. The van der Waals surface area contributed by atoms with Crippen molar-refractivity contribution in [3.63, 3.8) is 0 Å². The van der Waals surface area contributed by atoms with Crippen LogP contribution in [0.1, 0.15) is 30.5 Å². The van der Waals surface area contributed by atoms with Gasteiger partial charge in [0.1, 0.15) is 18.2 Å². The van der Waals surface area contributed by atoms with Crippen LogP contribution < -0.4 is 33.2 Å². The lowest BCUT2D eigenvalue weighted by Gasteiger charge is -2.34. The van der Waals surface area contributed by atoms with Gasteiger partial charge in [-0.2, -0.15) is 5.10 Å². The van der Waals surface area contributed by atoms with Crippen molar-refractivity contribution in [1.29, 1.82) is 0 Å². The molecule has 0 N–H and O–H groups in total. The van der Waals surface area contributed by atoms with Crippen LogP contribution in [0.2, 0.25) is 0 Å². The maximum atomic E-state index is 12.8. The van der Waals surface area contributed by atoms with Crippen molar-refractivity contribution in [2.45, 2.75) is 19.4 Å². The Morgan fingerprint density at radius 3 is 1.91 bits per heavy atom. The molecule has 57 heavy (non-hydrogen) atoms. The minimum Gasteiger partial charge on any atom is -0.493 e. The van der Waals surface area contributed by atoms with Gasteiger partial charge < -0.3 is 33.2 Å². The van der Waals surface area contributed by atoms with Gasteiger partial charge >= 0.3 is 0 Å². The molecule has 0 aliphatic carbocycles. The Balaban J connectivity index is 0.903. The van der Waals surface area contributed by atoms with Gasteiger partial charge in [-0.25, -0.2) is 9.99 Å². The lowest BCUT2D eigenvalue weighted by Crippen LogP contribution is -2.48. The Bertz CT molecular complexity index is 2160. The van der Waals surface area contributed by atoms with Crippen molar-refractivity contribution in [3.8, 4) is 50.8 Å². The fourth-order valence-electron chi connectivity index (χ4n) is 7.22. The number of hydrazone groups is 1. The molecular weight excluding hydrogens is 747 g/mol. The van der Waals surface area contributed by atoms with E-state index in [1.165, 1.54) is 11.9 Å². The van der Waals surface area contributed by atoms with Crippen molar-refractivity contribution in [1.82, 2.24) is 19.8 Å². The van der Waals surface area contributed by atoms with E-state index in [1.807, 2.05) is 66.7 Å². The molecule has 2 aliphatic heterocycles. The molecule has 300 valence electrons. The second kappa shape index (κ2) is 18.1. The standard InChI is InChI=1S/C43H49N5O8S/c1-28(49)48-34(27-33(45-48)31-25-39(52-4)42(54-6)40(26-31)53-5)29-11-13-35(50-2)38(23-29)56-22-20-47-17-15-46(16-18-47)19-21-55-36-14-12-30(24-37(36)51-3)43-44-32-9-7-8-10-41(32)57-43/h7-14,23-26,34H,15-22,27H2,1-6H3. The summed E-state index contributed by atoms with van der Waals surface area (Å²) in [5.41, 5.74) is 4.41. The predicted octanol–water partition coefficient (Wildman–Crippen LogP) is 6.78. The summed E-state index contributed by atoms with van der Waals surface area (Å²) in [6, 6.07) is 23.3. The highest BCUT2D eigenvalue weighted by Gasteiger charge is 2.33. The quantitative estimate of drug-likeness (QED) is 0.105. The van der Waals surface area contributed by atoms with E-state index in [1.54, 1.807) is 46.9 Å². The molecule has 5 aromatic rings. The fraction of sp³-hybridized carbons (Fsp3) is 0.372. The molecule has 1 fully saturated rings. The number of hydrogen-bond acceptors (Lipinski definition) is 13. The molecule has 2 aliphatic rings. The Kier molecular flexibility index (Phi) is 12.6. The molecule has 14 heteroatoms. The van der Waals surface area contributed by atoms with Gasteiger partial charge in [-0.1, -0.05) is 18.2 Å². The first kappa shape index (κ1) is 39.7. The molecule has 0 saturated carbocycles. The number of amides is 1. The summed E-state index contributed by atoms with van der Waals surface area (Å²) in [6.45, 7) is 7.89. The van der Waals surface area contributed by atoms with Crippen LogP contribution in [0.15, 0.2) is 77.9 Å². The third kappa shape index (κ3) is 8.88. The van der Waals surface area contributed by atoms with Crippen molar-refractivity contribution in [3.05, 3.63) is 83.9 Å². The highest BCUT2D eigenvalue weighted by atomic mass is 32.1. The van der Waals surface area contributed by atoms with Crippen molar-refractivity contribution in [2.75, 3.05) is 88.0 Å². The Morgan fingerprint density at radius 2 is 1.30 bits per heavy atom. The SMILES string of the molecule is COc1cc(-c2nc3ccccc3s2)ccc1OCCN1CCN(CCOc2cc(C3CC(c4cc(OC)c(OC)c(OC)c4)=NN3C(C)=O)ccc2OC)CC1. The van der Waals surface area contributed by atoms with Crippen LogP contribution in [0.25, 0.3) is 20.8 Å². The van der Waals surface area contributed by atoms with Gasteiger partial charge in [0.2, 0.25) is 11.7 Å². The lowest BCUT2D eigenvalue weighted by atomic mass is 9.97. The molecule has 13 nitrogen and oxygen atoms in total. The summed E-state index contributed by atoms with van der Waals surface area (Å²) < 4.78 is 41.7. The second-order valence-electron chi connectivity index (χ2n) is 13.7. The van der Waals surface area contributed by atoms with E-state index in [9.17, 15) is 4.79 Å². The van der Waals surface area contributed by atoms with E-state index in [-0.39, 0.29) is 11.9 Å². The second-order valence-corrected chi connectivity index (χ2v) is 14.7. The molecule has 7 rings (SSSR count). The van der Waals surface area contributed by atoms with Crippen LogP contribution in [0.3, 0.4) is 0 Å².